The lowest BCUT2D eigenvalue weighted by molar-refractivity contribution is -0.146. The maximum atomic E-state index is 12.5. The van der Waals surface area contributed by atoms with E-state index in [4.69, 9.17) is 9.15 Å². The molecule has 0 aliphatic heterocycles. The number of anilines is 1. The third-order valence-corrected chi connectivity index (χ3v) is 4.15. The molecule has 2 aromatic rings. The Hall–Kier alpha value is -3.42. The van der Waals surface area contributed by atoms with E-state index in [9.17, 15) is 19.2 Å². The van der Waals surface area contributed by atoms with Gasteiger partial charge in [-0.2, -0.15) is 0 Å². The predicted octanol–water partition coefficient (Wildman–Crippen LogP) is 3.20. The van der Waals surface area contributed by atoms with Gasteiger partial charge in [-0.3, -0.25) is 19.2 Å². The normalized spacial score (nSPS) is 12.0. The summed E-state index contributed by atoms with van der Waals surface area (Å²) in [4.78, 5) is 48.1. The van der Waals surface area contributed by atoms with Crippen molar-refractivity contribution >= 4 is 29.3 Å². The van der Waals surface area contributed by atoms with Crippen LogP contribution in [-0.2, 0) is 14.3 Å². The SMILES string of the molecule is CC(OC(=O)CCNC(=O)c1ccco1)C(=O)c1ccc(NC(=O)C(C)(C)C)cc1. The van der Waals surface area contributed by atoms with E-state index in [0.29, 0.717) is 11.3 Å². The Morgan fingerprint density at radius 3 is 2.30 bits per heavy atom. The van der Waals surface area contributed by atoms with Crippen LogP contribution in [-0.4, -0.2) is 36.2 Å². The first kappa shape index (κ1) is 22.9. The molecule has 1 aromatic heterocycles. The molecule has 30 heavy (non-hydrogen) atoms. The zero-order valence-corrected chi connectivity index (χ0v) is 17.5. The number of furan rings is 1. The molecule has 0 bridgehead atoms. The minimum absolute atomic E-state index is 0.0570. The fraction of sp³-hybridized carbons (Fsp3) is 0.364. The number of Topliss-reactive ketones (excluding diaryl/α,β-unsaturated/α-hetero) is 1. The molecule has 2 N–H and O–H groups in total. The van der Waals surface area contributed by atoms with Crippen LogP contribution >= 0.6 is 0 Å². The zero-order chi connectivity index (χ0) is 22.3. The number of benzene rings is 1. The van der Waals surface area contributed by atoms with Crippen LogP contribution in [0.25, 0.3) is 0 Å². The first-order valence-corrected chi connectivity index (χ1v) is 9.55. The number of amides is 2. The maximum absolute atomic E-state index is 12.5. The van der Waals surface area contributed by atoms with E-state index in [1.54, 1.807) is 51.1 Å². The second-order valence-corrected chi connectivity index (χ2v) is 7.76. The van der Waals surface area contributed by atoms with Gasteiger partial charge >= 0.3 is 5.97 Å². The van der Waals surface area contributed by atoms with Gasteiger partial charge in [0.05, 0.1) is 12.7 Å². The third kappa shape index (κ3) is 6.58. The molecule has 160 valence electrons. The van der Waals surface area contributed by atoms with Gasteiger partial charge in [0.15, 0.2) is 11.9 Å². The Kier molecular flexibility index (Phi) is 7.52. The quantitative estimate of drug-likeness (QED) is 0.506. The molecule has 0 spiro atoms. The van der Waals surface area contributed by atoms with Crippen molar-refractivity contribution in [1.29, 1.82) is 0 Å². The minimum atomic E-state index is -0.978. The molecular formula is C22H26N2O6. The molecule has 2 amide bonds. The fourth-order valence-corrected chi connectivity index (χ4v) is 2.35. The Balaban J connectivity index is 1.81. The molecule has 0 fully saturated rings. The summed E-state index contributed by atoms with van der Waals surface area (Å²) in [7, 11) is 0. The summed E-state index contributed by atoms with van der Waals surface area (Å²) in [5, 5.41) is 5.30. The second-order valence-electron chi connectivity index (χ2n) is 7.76. The van der Waals surface area contributed by atoms with Crippen molar-refractivity contribution in [1.82, 2.24) is 5.32 Å². The first-order valence-electron chi connectivity index (χ1n) is 9.55. The molecule has 1 atom stereocenters. The van der Waals surface area contributed by atoms with Gasteiger partial charge in [-0.05, 0) is 43.3 Å². The predicted molar refractivity (Wildman–Crippen MR) is 110 cm³/mol. The van der Waals surface area contributed by atoms with Crippen LogP contribution in [0.3, 0.4) is 0 Å². The summed E-state index contributed by atoms with van der Waals surface area (Å²) in [6, 6.07) is 9.46. The van der Waals surface area contributed by atoms with Gasteiger partial charge in [0.1, 0.15) is 0 Å². The highest BCUT2D eigenvalue weighted by atomic mass is 16.5. The number of carbonyl (C=O) groups excluding carboxylic acids is 4. The van der Waals surface area contributed by atoms with Crippen molar-refractivity contribution in [3.05, 3.63) is 54.0 Å². The van der Waals surface area contributed by atoms with Crippen LogP contribution in [0.1, 0.15) is 55.0 Å². The minimum Gasteiger partial charge on any atom is -0.459 e. The largest absolute Gasteiger partial charge is 0.459 e. The van der Waals surface area contributed by atoms with Crippen LogP contribution in [0.2, 0.25) is 0 Å². The number of carbonyl (C=O) groups is 4. The summed E-state index contributed by atoms with van der Waals surface area (Å²) in [6.45, 7) is 6.95. The Labute approximate surface area is 175 Å². The Morgan fingerprint density at radius 2 is 1.73 bits per heavy atom. The van der Waals surface area contributed by atoms with Gasteiger partial charge < -0.3 is 19.8 Å². The van der Waals surface area contributed by atoms with Gasteiger partial charge in [-0.1, -0.05) is 20.8 Å². The second kappa shape index (κ2) is 9.87. The highest BCUT2D eigenvalue weighted by molar-refractivity contribution is 6.01. The Bertz CT molecular complexity index is 895. The lowest BCUT2D eigenvalue weighted by atomic mass is 9.95. The first-order chi connectivity index (χ1) is 14.1. The van der Waals surface area contributed by atoms with E-state index in [1.807, 2.05) is 0 Å². The van der Waals surface area contributed by atoms with Crippen molar-refractivity contribution in [2.45, 2.75) is 40.2 Å². The topological polar surface area (TPSA) is 115 Å². The van der Waals surface area contributed by atoms with Crippen molar-refractivity contribution in [2.75, 3.05) is 11.9 Å². The molecule has 1 aromatic carbocycles. The van der Waals surface area contributed by atoms with E-state index in [0.717, 1.165) is 0 Å². The molecule has 0 aliphatic carbocycles. The fourth-order valence-electron chi connectivity index (χ4n) is 2.35. The molecule has 8 nitrogen and oxygen atoms in total. The van der Waals surface area contributed by atoms with Crippen molar-refractivity contribution in [2.24, 2.45) is 5.41 Å². The summed E-state index contributed by atoms with van der Waals surface area (Å²) >= 11 is 0. The van der Waals surface area contributed by atoms with Crippen LogP contribution in [0.15, 0.2) is 47.1 Å². The average Bonchev–Trinajstić information content (AvgIpc) is 3.22. The lowest BCUT2D eigenvalue weighted by Crippen LogP contribution is -2.29. The lowest BCUT2D eigenvalue weighted by Gasteiger charge is -2.18. The number of ketones is 1. The van der Waals surface area contributed by atoms with Gasteiger partial charge in [-0.15, -0.1) is 0 Å². The Morgan fingerprint density at radius 1 is 1.07 bits per heavy atom. The maximum Gasteiger partial charge on any atom is 0.308 e. The van der Waals surface area contributed by atoms with Crippen molar-refractivity contribution < 1.29 is 28.3 Å². The van der Waals surface area contributed by atoms with Gasteiger partial charge in [0, 0.05) is 23.2 Å². The monoisotopic (exact) mass is 414 g/mol. The van der Waals surface area contributed by atoms with E-state index in [-0.39, 0.29) is 30.4 Å². The summed E-state index contributed by atoms with van der Waals surface area (Å²) in [5.74, 6) is -1.39. The summed E-state index contributed by atoms with van der Waals surface area (Å²) in [5.41, 5.74) is 0.396. The van der Waals surface area contributed by atoms with Gasteiger partial charge in [0.2, 0.25) is 11.7 Å². The van der Waals surface area contributed by atoms with Crippen LogP contribution < -0.4 is 10.6 Å². The van der Waals surface area contributed by atoms with Gasteiger partial charge in [-0.25, -0.2) is 0 Å². The highest BCUT2D eigenvalue weighted by Crippen LogP contribution is 2.18. The number of ether oxygens (including phenoxy) is 1. The number of hydrogen-bond donors (Lipinski definition) is 2. The van der Waals surface area contributed by atoms with Gasteiger partial charge in [0.25, 0.3) is 5.91 Å². The average molecular weight is 414 g/mol. The molecule has 2 rings (SSSR count). The molecule has 0 aliphatic rings. The zero-order valence-electron chi connectivity index (χ0n) is 17.5. The van der Waals surface area contributed by atoms with Crippen molar-refractivity contribution in [3.8, 4) is 0 Å². The van der Waals surface area contributed by atoms with Crippen LogP contribution in [0.4, 0.5) is 5.69 Å². The molecule has 8 heteroatoms. The van der Waals surface area contributed by atoms with E-state index in [2.05, 4.69) is 10.6 Å². The molecule has 1 heterocycles. The van der Waals surface area contributed by atoms with Crippen molar-refractivity contribution in [3.63, 3.8) is 0 Å². The standard InChI is InChI=1S/C22H26N2O6/c1-14(30-18(25)11-12-23-20(27)17-6-5-13-29-17)19(26)15-7-9-16(10-8-15)24-21(28)22(2,3)4/h5-10,13-14H,11-12H2,1-4H3,(H,23,27)(H,24,28). The molecule has 0 saturated carbocycles. The molecular weight excluding hydrogens is 388 g/mol. The summed E-state index contributed by atoms with van der Waals surface area (Å²) < 4.78 is 10.1. The number of nitrogens with one attached hydrogen (secondary N) is 2. The summed E-state index contributed by atoms with van der Waals surface area (Å²) in [6.07, 6.45) is 0.317. The van der Waals surface area contributed by atoms with E-state index < -0.39 is 23.4 Å². The molecule has 1 unspecified atom stereocenters. The number of hydrogen-bond acceptors (Lipinski definition) is 6. The van der Waals surface area contributed by atoms with E-state index >= 15 is 0 Å². The van der Waals surface area contributed by atoms with Crippen LogP contribution in [0.5, 0.6) is 0 Å². The number of esters is 1. The smallest absolute Gasteiger partial charge is 0.308 e. The van der Waals surface area contributed by atoms with Crippen LogP contribution in [0, 0.1) is 5.41 Å². The molecule has 0 radical (unpaired) electrons. The third-order valence-electron chi connectivity index (χ3n) is 4.15. The number of rotatable bonds is 8. The van der Waals surface area contributed by atoms with E-state index in [1.165, 1.54) is 19.3 Å². The molecule has 0 saturated heterocycles. The highest BCUT2D eigenvalue weighted by Gasteiger charge is 2.22.